The minimum absolute atomic E-state index is 0.00461. The van der Waals surface area contributed by atoms with E-state index in [-0.39, 0.29) is 18.4 Å². The van der Waals surface area contributed by atoms with E-state index in [9.17, 15) is 9.59 Å². The zero-order valence-corrected chi connectivity index (χ0v) is 12.9. The van der Waals surface area contributed by atoms with Crippen LogP contribution in [0.5, 0.6) is 0 Å². The Kier molecular flexibility index (Phi) is 5.06. The van der Waals surface area contributed by atoms with Gasteiger partial charge in [-0.2, -0.15) is 0 Å². The van der Waals surface area contributed by atoms with Crippen molar-refractivity contribution >= 4 is 11.8 Å². The molecule has 1 saturated heterocycles. The van der Waals surface area contributed by atoms with E-state index in [2.05, 4.69) is 12.2 Å². The molecule has 1 heterocycles. The van der Waals surface area contributed by atoms with E-state index in [0.29, 0.717) is 5.92 Å². The Morgan fingerprint density at radius 1 is 1.15 bits per heavy atom. The molecule has 1 unspecified atom stereocenters. The summed E-state index contributed by atoms with van der Waals surface area (Å²) in [6, 6.07) is 0. The number of piperazine rings is 1. The number of unbranched alkanes of at least 4 members (excludes halogenated alkanes) is 5. The minimum Gasteiger partial charge on any atom is -0.340 e. The highest BCUT2D eigenvalue weighted by atomic mass is 16.2. The summed E-state index contributed by atoms with van der Waals surface area (Å²) >= 11 is 0. The molecule has 2 rings (SSSR count). The molecule has 2 aliphatic rings. The van der Waals surface area contributed by atoms with Gasteiger partial charge in [-0.1, -0.05) is 39.0 Å². The largest absolute Gasteiger partial charge is 0.340 e. The monoisotopic (exact) mass is 280 g/mol. The van der Waals surface area contributed by atoms with Crippen LogP contribution in [0.15, 0.2) is 0 Å². The lowest BCUT2D eigenvalue weighted by Gasteiger charge is -2.40. The highest BCUT2D eigenvalue weighted by Gasteiger charge is 2.52. The molecule has 1 atom stereocenters. The Morgan fingerprint density at radius 2 is 1.80 bits per heavy atom. The summed E-state index contributed by atoms with van der Waals surface area (Å²) in [5.74, 6) is 0.490. The molecule has 1 aliphatic carbocycles. The molecule has 1 aliphatic heterocycles. The Morgan fingerprint density at radius 3 is 2.45 bits per heavy atom. The lowest BCUT2D eigenvalue weighted by molar-refractivity contribution is -0.150. The molecule has 2 fully saturated rings. The number of hydrogen-bond donors (Lipinski definition) is 1. The van der Waals surface area contributed by atoms with Crippen LogP contribution in [0.4, 0.5) is 0 Å². The van der Waals surface area contributed by atoms with Crippen molar-refractivity contribution < 1.29 is 9.59 Å². The van der Waals surface area contributed by atoms with Crippen molar-refractivity contribution in [1.82, 2.24) is 10.2 Å². The first-order chi connectivity index (χ1) is 9.58. The molecule has 2 amide bonds. The van der Waals surface area contributed by atoms with E-state index in [1.54, 1.807) is 4.90 Å². The zero-order chi connectivity index (χ0) is 14.6. The fourth-order valence-corrected chi connectivity index (χ4v) is 3.16. The van der Waals surface area contributed by atoms with Crippen molar-refractivity contribution in [2.45, 2.75) is 70.8 Å². The number of rotatable bonds is 8. The SMILES string of the molecule is CCCCCCCCN1CC(=O)NC(C)(C2CC2)C1=O. The molecule has 20 heavy (non-hydrogen) atoms. The lowest BCUT2D eigenvalue weighted by Crippen LogP contribution is -2.66. The molecule has 0 aromatic heterocycles. The second kappa shape index (κ2) is 6.59. The normalized spacial score (nSPS) is 26.8. The standard InChI is InChI=1S/C16H28N2O2/c1-3-4-5-6-7-8-11-18-12-14(19)17-16(2,15(18)20)13-9-10-13/h13H,3-12H2,1-2H3,(H,17,19). The molecule has 4 nitrogen and oxygen atoms in total. The van der Waals surface area contributed by atoms with Crippen molar-refractivity contribution in [3.63, 3.8) is 0 Å². The van der Waals surface area contributed by atoms with Gasteiger partial charge in [0.1, 0.15) is 5.54 Å². The first kappa shape index (κ1) is 15.3. The Labute approximate surface area is 122 Å². The van der Waals surface area contributed by atoms with E-state index in [0.717, 1.165) is 32.2 Å². The maximum atomic E-state index is 12.6. The van der Waals surface area contributed by atoms with Crippen LogP contribution in [-0.2, 0) is 9.59 Å². The summed E-state index contributed by atoms with van der Waals surface area (Å²) in [7, 11) is 0. The Balaban J connectivity index is 1.78. The van der Waals surface area contributed by atoms with Crippen LogP contribution in [0, 0.1) is 5.92 Å². The molecule has 1 N–H and O–H groups in total. The van der Waals surface area contributed by atoms with E-state index in [4.69, 9.17) is 0 Å². The van der Waals surface area contributed by atoms with Crippen LogP contribution >= 0.6 is 0 Å². The topological polar surface area (TPSA) is 49.4 Å². The summed E-state index contributed by atoms with van der Waals surface area (Å²) in [6.45, 7) is 5.10. The molecular formula is C16H28N2O2. The van der Waals surface area contributed by atoms with Gasteiger partial charge in [0.15, 0.2) is 0 Å². The average Bonchev–Trinajstić information content (AvgIpc) is 3.23. The maximum absolute atomic E-state index is 12.6. The third-order valence-electron chi connectivity index (χ3n) is 4.64. The van der Waals surface area contributed by atoms with E-state index >= 15 is 0 Å². The zero-order valence-electron chi connectivity index (χ0n) is 12.9. The summed E-state index contributed by atoms with van der Waals surface area (Å²) in [5.41, 5.74) is -0.627. The third-order valence-corrected chi connectivity index (χ3v) is 4.64. The van der Waals surface area contributed by atoms with Crippen LogP contribution in [0.2, 0.25) is 0 Å². The molecule has 4 heteroatoms. The van der Waals surface area contributed by atoms with Crippen LogP contribution in [0.25, 0.3) is 0 Å². The van der Waals surface area contributed by atoms with E-state index in [1.807, 2.05) is 6.92 Å². The molecule has 0 aromatic rings. The van der Waals surface area contributed by atoms with Gasteiger partial charge in [-0.3, -0.25) is 9.59 Å². The molecule has 0 bridgehead atoms. The third kappa shape index (κ3) is 3.53. The number of amides is 2. The Hall–Kier alpha value is -1.06. The van der Waals surface area contributed by atoms with Crippen LogP contribution in [0.3, 0.4) is 0 Å². The van der Waals surface area contributed by atoms with Gasteiger partial charge in [-0.15, -0.1) is 0 Å². The van der Waals surface area contributed by atoms with Crippen LogP contribution in [0.1, 0.15) is 65.2 Å². The first-order valence-corrected chi connectivity index (χ1v) is 8.18. The average molecular weight is 280 g/mol. The fourth-order valence-electron chi connectivity index (χ4n) is 3.16. The van der Waals surface area contributed by atoms with Gasteiger partial charge in [0.25, 0.3) is 0 Å². The van der Waals surface area contributed by atoms with E-state index in [1.165, 1.54) is 25.7 Å². The van der Waals surface area contributed by atoms with Crippen molar-refractivity contribution in [3.05, 3.63) is 0 Å². The first-order valence-electron chi connectivity index (χ1n) is 8.18. The van der Waals surface area contributed by atoms with Crippen molar-refractivity contribution in [3.8, 4) is 0 Å². The predicted molar refractivity (Wildman–Crippen MR) is 79.2 cm³/mol. The highest BCUT2D eigenvalue weighted by Crippen LogP contribution is 2.41. The highest BCUT2D eigenvalue weighted by molar-refractivity contribution is 5.98. The van der Waals surface area contributed by atoms with Crippen LogP contribution in [-0.4, -0.2) is 35.3 Å². The number of hydrogen-bond acceptors (Lipinski definition) is 2. The van der Waals surface area contributed by atoms with Gasteiger partial charge < -0.3 is 10.2 Å². The van der Waals surface area contributed by atoms with Crippen LogP contribution < -0.4 is 5.32 Å². The quantitative estimate of drug-likeness (QED) is 0.694. The van der Waals surface area contributed by atoms with Gasteiger partial charge >= 0.3 is 0 Å². The van der Waals surface area contributed by atoms with Gasteiger partial charge in [0.05, 0.1) is 6.54 Å². The summed E-state index contributed by atoms with van der Waals surface area (Å²) in [6.07, 6.45) is 9.37. The predicted octanol–water partition coefficient (Wildman–Crippen LogP) is 2.47. The number of carbonyl (C=O) groups is 2. The molecule has 114 valence electrons. The smallest absolute Gasteiger partial charge is 0.248 e. The summed E-state index contributed by atoms with van der Waals surface area (Å²) in [5, 5.41) is 2.92. The molecular weight excluding hydrogens is 252 g/mol. The van der Waals surface area contributed by atoms with Gasteiger partial charge in [-0.25, -0.2) is 0 Å². The molecule has 1 saturated carbocycles. The second-order valence-corrected chi connectivity index (χ2v) is 6.52. The van der Waals surface area contributed by atoms with Gasteiger partial charge in [0.2, 0.25) is 11.8 Å². The van der Waals surface area contributed by atoms with Crippen molar-refractivity contribution in [2.75, 3.05) is 13.1 Å². The van der Waals surface area contributed by atoms with Crippen molar-refractivity contribution in [2.24, 2.45) is 5.92 Å². The number of nitrogens with one attached hydrogen (secondary N) is 1. The fraction of sp³-hybridized carbons (Fsp3) is 0.875. The summed E-state index contributed by atoms with van der Waals surface area (Å²) in [4.78, 5) is 26.2. The number of carbonyl (C=O) groups excluding carboxylic acids is 2. The molecule has 0 spiro atoms. The van der Waals surface area contributed by atoms with Gasteiger partial charge in [0, 0.05) is 6.54 Å². The summed E-state index contributed by atoms with van der Waals surface area (Å²) < 4.78 is 0. The van der Waals surface area contributed by atoms with Gasteiger partial charge in [-0.05, 0) is 32.1 Å². The van der Waals surface area contributed by atoms with Crippen molar-refractivity contribution in [1.29, 1.82) is 0 Å². The lowest BCUT2D eigenvalue weighted by atomic mass is 9.91. The Bertz CT molecular complexity index is 365. The maximum Gasteiger partial charge on any atom is 0.248 e. The second-order valence-electron chi connectivity index (χ2n) is 6.52. The number of nitrogens with zero attached hydrogens (tertiary/aromatic N) is 1. The van der Waals surface area contributed by atoms with E-state index < -0.39 is 5.54 Å². The minimum atomic E-state index is -0.627. The molecule has 0 radical (unpaired) electrons. The molecule has 0 aromatic carbocycles.